The first-order valence-electron chi connectivity index (χ1n) is 51.1. The Hall–Kier alpha value is -18.2. The van der Waals surface area contributed by atoms with E-state index in [2.05, 4.69) is 498 Å². The minimum absolute atomic E-state index is 0.201. The van der Waals surface area contributed by atoms with Crippen LogP contribution in [0.15, 0.2) is 540 Å². The maximum atomic E-state index is 8.73. The minimum atomic E-state index is -0.393. The summed E-state index contributed by atoms with van der Waals surface area (Å²) >= 11 is 0. The second-order valence-electron chi connectivity index (χ2n) is 37.0. The highest BCUT2D eigenvalue weighted by atomic mass is 14.3. The fraction of sp³-hybridized carbons (Fsp3) is 0.00709. The van der Waals surface area contributed by atoms with Crippen LogP contribution in [0, 0.1) is 6.92 Å². The van der Waals surface area contributed by atoms with Crippen molar-refractivity contribution in [3.63, 3.8) is 0 Å². The van der Waals surface area contributed by atoms with E-state index in [1.807, 2.05) is 18.2 Å². The molecule has 28 aromatic rings. The van der Waals surface area contributed by atoms with E-state index in [0.717, 1.165) is 65.3 Å². The molecule has 0 aromatic heterocycles. The van der Waals surface area contributed by atoms with Crippen molar-refractivity contribution in [2.75, 3.05) is 0 Å². The Morgan fingerprint density at radius 2 is 0.340 bits per heavy atom. The lowest BCUT2D eigenvalue weighted by molar-refractivity contribution is 1.47. The van der Waals surface area contributed by atoms with Crippen molar-refractivity contribution in [2.45, 2.75) is 6.92 Å². The summed E-state index contributed by atoms with van der Waals surface area (Å²) in [7, 11) is 0. The van der Waals surface area contributed by atoms with Gasteiger partial charge < -0.3 is 0 Å². The predicted molar refractivity (Wildman–Crippen MR) is 609 cm³/mol. The van der Waals surface area contributed by atoms with Gasteiger partial charge in [-0.25, -0.2) is 0 Å². The number of rotatable bonds is 11. The van der Waals surface area contributed by atoms with Gasteiger partial charge in [-0.1, -0.05) is 515 Å². The van der Waals surface area contributed by atoms with Crippen LogP contribution in [0.3, 0.4) is 0 Å². The van der Waals surface area contributed by atoms with E-state index in [9.17, 15) is 0 Å². The van der Waals surface area contributed by atoms with Crippen LogP contribution in [0.5, 0.6) is 0 Å². The van der Waals surface area contributed by atoms with Gasteiger partial charge in [0.05, 0.1) is 6.85 Å². The summed E-state index contributed by atoms with van der Waals surface area (Å²) < 4.78 is 42.3. The Morgan fingerprint density at radius 3 is 0.723 bits per heavy atom. The van der Waals surface area contributed by atoms with Gasteiger partial charge in [-0.3, -0.25) is 0 Å². The lowest BCUT2D eigenvalue weighted by Gasteiger charge is -2.22. The molecule has 0 saturated carbocycles. The van der Waals surface area contributed by atoms with Gasteiger partial charge in [-0.05, 0) is 310 Å². The van der Waals surface area contributed by atoms with Gasteiger partial charge in [0.2, 0.25) is 0 Å². The molecule has 0 fully saturated rings. The molecule has 0 N–H and O–H groups in total. The molecule has 0 bridgehead atoms. The molecule has 28 rings (SSSR count). The fourth-order valence-corrected chi connectivity index (χ4v) is 22.6. The average Bonchev–Trinajstić information content (AvgIpc) is 0.706. The average molecular weight is 1790 g/mol. The van der Waals surface area contributed by atoms with E-state index in [1.54, 1.807) is 0 Å². The Bertz CT molecular complexity index is 10100. The maximum absolute atomic E-state index is 8.73. The number of hydrogen-bond acceptors (Lipinski definition) is 0. The third-order valence-corrected chi connectivity index (χ3v) is 29.1. The van der Waals surface area contributed by atoms with E-state index in [0.29, 0.717) is 5.56 Å². The molecule has 0 saturated heterocycles. The second kappa shape index (κ2) is 35.5. The highest BCUT2D eigenvalue weighted by Crippen LogP contribution is 2.54. The lowest BCUT2D eigenvalue weighted by atomic mass is 9.81. The van der Waals surface area contributed by atoms with Crippen molar-refractivity contribution in [1.82, 2.24) is 0 Å². The molecule has 141 heavy (non-hydrogen) atoms. The minimum Gasteiger partial charge on any atom is -0.0622 e. The molecule has 656 valence electrons. The smallest absolute Gasteiger partial charge is 0.0622 e. The molecule has 0 nitrogen and oxygen atoms in total. The maximum Gasteiger partial charge on any atom is 0.0629 e. The van der Waals surface area contributed by atoms with Crippen LogP contribution in [-0.2, 0) is 0 Å². The predicted octanol–water partition coefficient (Wildman–Crippen LogP) is 39.9. The van der Waals surface area contributed by atoms with Crippen molar-refractivity contribution >= 4 is 151 Å². The molecule has 0 aliphatic carbocycles. The van der Waals surface area contributed by atoms with Crippen LogP contribution in [0.2, 0.25) is 0 Å². The van der Waals surface area contributed by atoms with Gasteiger partial charge in [0.1, 0.15) is 0 Å². The highest BCUT2D eigenvalue weighted by molar-refractivity contribution is 6.30. The van der Waals surface area contributed by atoms with Gasteiger partial charge in [-0.15, -0.1) is 0 Å². The van der Waals surface area contributed by atoms with Crippen LogP contribution in [-0.4, -0.2) is 0 Å². The molecule has 0 aliphatic rings. The van der Waals surface area contributed by atoms with Crippen LogP contribution in [0.4, 0.5) is 0 Å². The first kappa shape index (κ1) is 78.0. The summed E-state index contributed by atoms with van der Waals surface area (Å²) in [6.45, 7) is 2.14. The quantitative estimate of drug-likeness (QED) is 0.113. The molecule has 28 aromatic carbocycles. The number of fused-ring (bicyclic) bond motifs is 14. The summed E-state index contributed by atoms with van der Waals surface area (Å²) in [6.07, 6.45) is 0. The Morgan fingerprint density at radius 1 is 0.121 bits per heavy atom. The van der Waals surface area contributed by atoms with Gasteiger partial charge in [-0.2, -0.15) is 0 Å². The zero-order valence-corrected chi connectivity index (χ0v) is 77.5. The summed E-state index contributed by atoms with van der Waals surface area (Å²) in [4.78, 5) is 0. The first-order valence-corrected chi connectivity index (χ1v) is 48.6. The van der Waals surface area contributed by atoms with Crippen LogP contribution in [0.1, 0.15) is 12.4 Å². The molecular formula is C141H92. The molecule has 0 amide bonds. The van der Waals surface area contributed by atoms with Crippen molar-refractivity contribution < 1.29 is 6.85 Å². The molecule has 0 aliphatic heterocycles. The number of hydrogen-bond donors (Lipinski definition) is 0. The monoisotopic (exact) mass is 1790 g/mol. The van der Waals surface area contributed by atoms with E-state index in [4.69, 9.17) is 6.85 Å². The third kappa shape index (κ3) is 14.8. The highest BCUT2D eigenvalue weighted by Gasteiger charge is 2.27. The molecule has 0 atom stereocenters. The van der Waals surface area contributed by atoms with Crippen LogP contribution >= 0.6 is 0 Å². The van der Waals surface area contributed by atoms with Crippen molar-refractivity contribution in [2.24, 2.45) is 0 Å². The second-order valence-corrected chi connectivity index (χ2v) is 37.0. The molecule has 0 unspecified atom stereocenters. The largest absolute Gasteiger partial charge is 0.0629 e. The Balaban J connectivity index is 0.000000114. The van der Waals surface area contributed by atoms with Crippen LogP contribution < -0.4 is 0 Å². The molecule has 0 radical (unpaired) electrons. The number of aryl methyl sites for hydroxylation is 1. The third-order valence-electron chi connectivity index (χ3n) is 29.1. The standard InChI is InChI=1S/C60H38.C41H28.C40H26/c1-2-16-39(17-3-1)40-32-34-43(35-33-40)57-49-24-8-10-26-51(49)58(52-27-11-9-25-50(52)57)44-36-37-55-56(38-44)60(48-31-15-21-42-19-5-7-23-46(42)48)54-29-13-12-28-53(54)59(55)47-30-14-20-41-18-4-6-22-45(41)47;1-27-14-16-30(17-15-27)33-22-23-38-39(26-33)41(35-21-19-29-9-3-5-11-32(29)25-35)37-13-7-6-12-36(37)40(38)34-20-18-28-8-2-4-10-31(28)24-34;1-2-12-27(13-3-1)30-24-25-37-38(26-30)40(34-23-11-17-29-15-5-7-19-32(29)34)36-21-9-8-20-35(36)39(37)33-22-10-16-28-14-4-6-18-31(28)33/h1-38H;2-26H,1H3;1-26H/i;;1D,2D,3D,12D,13D. The van der Waals surface area contributed by atoms with Crippen molar-refractivity contribution in [3.05, 3.63) is 545 Å². The SMILES string of the molecule is Cc1ccc(-c2ccc3c(-c4ccc5ccccc5c4)c4ccccc4c(-c4ccc5ccccc5c4)c3c2)cc1.[2H]c1c([2H])c([2H])c(-c2ccc3c(-c4cccc5ccccc45)c4ccccc4c(-c4cccc5ccccc45)c3c2)c([2H])c1[2H].c1ccc(-c2ccc(-c3c4ccccc4c(-c4ccc5c(-c6cccc7ccccc67)c6ccccc6c(-c6cccc7ccccc67)c5c4)c4ccccc34)cc2)cc1. The van der Waals surface area contributed by atoms with Gasteiger partial charge in [0, 0.05) is 0 Å². The topological polar surface area (TPSA) is 0 Å². The zero-order chi connectivity index (χ0) is 97.7. The normalized spacial score (nSPS) is 12.1. The lowest BCUT2D eigenvalue weighted by Crippen LogP contribution is -1.94. The molecule has 0 spiro atoms. The van der Waals surface area contributed by atoms with Crippen molar-refractivity contribution in [1.29, 1.82) is 0 Å². The number of benzene rings is 28. The zero-order valence-electron chi connectivity index (χ0n) is 82.5. The van der Waals surface area contributed by atoms with Gasteiger partial charge >= 0.3 is 0 Å². The Kier molecular flexibility index (Phi) is 19.6. The van der Waals surface area contributed by atoms with Crippen molar-refractivity contribution in [3.8, 4) is 122 Å². The van der Waals surface area contributed by atoms with Gasteiger partial charge in [0.15, 0.2) is 0 Å². The molecule has 0 heterocycles. The Labute approximate surface area is 826 Å². The van der Waals surface area contributed by atoms with E-state index >= 15 is 0 Å². The summed E-state index contributed by atoms with van der Waals surface area (Å²) in [5, 5.41) is 33.9. The molecular weight excluding hydrogens is 1690 g/mol. The van der Waals surface area contributed by atoms with E-state index in [-0.39, 0.29) is 29.7 Å². The first-order chi connectivity index (χ1) is 72.0. The fourth-order valence-electron chi connectivity index (χ4n) is 22.6. The summed E-state index contributed by atoms with van der Waals surface area (Å²) in [5.41, 5.74) is 26.4. The molecule has 0 heteroatoms. The van der Waals surface area contributed by atoms with E-state index < -0.39 is 6.04 Å². The summed E-state index contributed by atoms with van der Waals surface area (Å²) in [6, 6.07) is 184. The van der Waals surface area contributed by atoms with Gasteiger partial charge in [0.25, 0.3) is 0 Å². The van der Waals surface area contributed by atoms with Crippen LogP contribution in [0.25, 0.3) is 273 Å². The van der Waals surface area contributed by atoms with E-state index in [1.165, 1.54) is 202 Å². The summed E-state index contributed by atoms with van der Waals surface area (Å²) in [5.74, 6) is 0.